The Bertz CT molecular complexity index is 774. The molecule has 0 bridgehead atoms. The summed E-state index contributed by atoms with van der Waals surface area (Å²) in [6.07, 6.45) is 2.78. The normalized spacial score (nSPS) is 47.1. The summed E-state index contributed by atoms with van der Waals surface area (Å²) in [4.78, 5) is 23.9. The number of thioether (sulfide) groups is 1. The number of aliphatic hydroxyl groups excluding tert-OH is 1. The van der Waals surface area contributed by atoms with E-state index >= 15 is 0 Å². The van der Waals surface area contributed by atoms with E-state index in [-0.39, 0.29) is 43.5 Å². The van der Waals surface area contributed by atoms with Gasteiger partial charge in [0.25, 0.3) is 0 Å². The summed E-state index contributed by atoms with van der Waals surface area (Å²) in [7, 11) is 0. The third kappa shape index (κ3) is 4.26. The van der Waals surface area contributed by atoms with Gasteiger partial charge in [-0.3, -0.25) is 4.79 Å². The number of aliphatic hydroxyl groups is 4. The minimum absolute atomic E-state index is 0.108. The first kappa shape index (κ1) is 26.5. The summed E-state index contributed by atoms with van der Waals surface area (Å²) in [6.45, 7) is 7.04. The highest BCUT2D eigenvalue weighted by Crippen LogP contribution is 2.60. The largest absolute Gasteiger partial charge is 0.465 e. The van der Waals surface area contributed by atoms with Gasteiger partial charge in [0.15, 0.2) is 0 Å². The van der Waals surface area contributed by atoms with Crippen molar-refractivity contribution < 1.29 is 34.8 Å². The van der Waals surface area contributed by atoms with Crippen molar-refractivity contribution in [1.29, 1.82) is 0 Å². The van der Waals surface area contributed by atoms with Gasteiger partial charge in [-0.15, -0.1) is 0 Å². The SMILES string of the molecule is CC1(CO)CC(C)(COC(=O)CCCCC2SC[C@@H]3NC(=O)N[C@H]23)C(C)(O)C(C)(O)C1(C)O. The van der Waals surface area contributed by atoms with E-state index in [1.807, 2.05) is 11.8 Å². The summed E-state index contributed by atoms with van der Waals surface area (Å²) < 4.78 is 5.53. The fourth-order valence-corrected chi connectivity index (χ4v) is 7.37. The second-order valence-corrected chi connectivity index (χ2v) is 12.5. The predicted octanol–water partition coefficient (Wildman–Crippen LogP) is 0.917. The van der Waals surface area contributed by atoms with E-state index in [0.717, 1.165) is 18.6 Å². The molecule has 0 radical (unpaired) electrons. The number of hydrogen-bond donors (Lipinski definition) is 6. The van der Waals surface area contributed by atoms with Crippen LogP contribution < -0.4 is 10.6 Å². The van der Waals surface area contributed by atoms with Gasteiger partial charge in [0.05, 0.1) is 25.3 Å². The number of ether oxygens (including phenoxy) is 1. The van der Waals surface area contributed by atoms with Gasteiger partial charge in [-0.05, 0) is 40.0 Å². The van der Waals surface area contributed by atoms with Gasteiger partial charge in [-0.1, -0.05) is 20.3 Å². The first-order chi connectivity index (χ1) is 15.1. The minimum Gasteiger partial charge on any atom is -0.465 e. The Morgan fingerprint density at radius 1 is 1.03 bits per heavy atom. The lowest BCUT2D eigenvalue weighted by molar-refractivity contribution is -0.340. The van der Waals surface area contributed by atoms with E-state index in [2.05, 4.69) is 10.6 Å². The maximum absolute atomic E-state index is 12.4. The molecule has 3 aliphatic rings. The standard InChI is InChI=1S/C23H40N2O7S/c1-19(12-26)11-20(2,22(4,30)23(5,31)21(19,3)29)13-32-16(27)9-7-6-8-15-17-14(10-33-15)24-18(28)25-17/h14-15,17,26,29-31H,6-13H2,1-5H3,(H2,24,25,28)/t14-,15?,17-,19?,20?,21?,22?,23?/m0/s1. The monoisotopic (exact) mass is 488 g/mol. The van der Waals surface area contributed by atoms with E-state index < -0.39 is 34.2 Å². The van der Waals surface area contributed by atoms with E-state index in [1.54, 1.807) is 13.8 Å². The van der Waals surface area contributed by atoms with E-state index in [4.69, 9.17) is 4.74 Å². The van der Waals surface area contributed by atoms with Crippen molar-refractivity contribution in [2.45, 2.75) is 101 Å². The van der Waals surface area contributed by atoms with Crippen LogP contribution in [0.5, 0.6) is 0 Å². The first-order valence-electron chi connectivity index (χ1n) is 11.7. The van der Waals surface area contributed by atoms with Gasteiger partial charge in [-0.2, -0.15) is 11.8 Å². The zero-order chi connectivity index (χ0) is 24.9. The highest BCUT2D eigenvalue weighted by Gasteiger charge is 2.72. The Morgan fingerprint density at radius 2 is 1.67 bits per heavy atom. The minimum atomic E-state index is -1.96. The average Bonchev–Trinajstić information content (AvgIpc) is 3.27. The average molecular weight is 489 g/mol. The summed E-state index contributed by atoms with van der Waals surface area (Å²) >= 11 is 1.84. The number of nitrogens with one attached hydrogen (secondary N) is 2. The third-order valence-electron chi connectivity index (χ3n) is 8.99. The Labute approximate surface area is 200 Å². The number of rotatable bonds is 8. The molecule has 2 saturated heterocycles. The van der Waals surface area contributed by atoms with E-state index in [9.17, 15) is 30.0 Å². The second-order valence-electron chi connectivity index (χ2n) is 11.2. The lowest BCUT2D eigenvalue weighted by atomic mass is 9.45. The van der Waals surface area contributed by atoms with Crippen molar-refractivity contribution in [1.82, 2.24) is 10.6 Å². The topological polar surface area (TPSA) is 148 Å². The van der Waals surface area contributed by atoms with Crippen molar-refractivity contribution in [2.24, 2.45) is 10.8 Å². The molecule has 8 atom stereocenters. The van der Waals surface area contributed by atoms with Crippen LogP contribution in [0.2, 0.25) is 0 Å². The fourth-order valence-electron chi connectivity index (χ4n) is 5.83. The molecule has 0 aromatic rings. The summed E-state index contributed by atoms with van der Waals surface area (Å²) in [6, 6.07) is 0.224. The van der Waals surface area contributed by atoms with E-state index in [0.29, 0.717) is 11.7 Å². The number of hydrogen-bond acceptors (Lipinski definition) is 8. The van der Waals surface area contributed by atoms with Crippen molar-refractivity contribution in [3.63, 3.8) is 0 Å². The Balaban J connectivity index is 1.52. The highest BCUT2D eigenvalue weighted by atomic mass is 32.2. The predicted molar refractivity (Wildman–Crippen MR) is 125 cm³/mol. The number of carbonyl (C=O) groups excluding carboxylic acids is 2. The zero-order valence-electron chi connectivity index (χ0n) is 20.3. The lowest BCUT2D eigenvalue weighted by Gasteiger charge is -2.66. The van der Waals surface area contributed by atoms with Gasteiger partial charge in [0, 0.05) is 28.3 Å². The second kappa shape index (κ2) is 8.86. The molecule has 0 spiro atoms. The molecule has 33 heavy (non-hydrogen) atoms. The molecule has 10 heteroatoms. The lowest BCUT2D eigenvalue weighted by Crippen LogP contribution is -2.79. The molecule has 9 nitrogen and oxygen atoms in total. The number of urea groups is 1. The van der Waals surface area contributed by atoms with Crippen LogP contribution in [0.15, 0.2) is 0 Å². The molecule has 3 fully saturated rings. The van der Waals surface area contributed by atoms with Crippen molar-refractivity contribution in [2.75, 3.05) is 19.0 Å². The summed E-state index contributed by atoms with van der Waals surface area (Å²) in [5.41, 5.74) is -7.71. The molecule has 0 aromatic carbocycles. The van der Waals surface area contributed by atoms with Gasteiger partial charge in [-0.25, -0.2) is 4.79 Å². The molecule has 2 amide bonds. The molecular weight excluding hydrogens is 448 g/mol. The maximum Gasteiger partial charge on any atom is 0.315 e. The number of esters is 1. The Morgan fingerprint density at radius 3 is 2.30 bits per heavy atom. The number of unbranched alkanes of at least 4 members (excludes halogenated alkanes) is 1. The number of amides is 2. The maximum atomic E-state index is 12.4. The molecule has 2 aliphatic heterocycles. The van der Waals surface area contributed by atoms with Gasteiger partial charge in [0.1, 0.15) is 16.8 Å². The Kier molecular flexibility index (Phi) is 7.12. The van der Waals surface area contributed by atoms with Crippen molar-refractivity contribution in [3.05, 3.63) is 0 Å². The molecule has 2 heterocycles. The molecule has 6 unspecified atom stereocenters. The first-order valence-corrected chi connectivity index (χ1v) is 12.8. The van der Waals surface area contributed by atoms with Crippen LogP contribution in [0.1, 0.15) is 66.7 Å². The van der Waals surface area contributed by atoms with Gasteiger partial charge in [0.2, 0.25) is 0 Å². The molecule has 1 saturated carbocycles. The molecular formula is C23H40N2O7S. The number of fused-ring (bicyclic) bond motifs is 1. The van der Waals surface area contributed by atoms with Crippen molar-refractivity contribution in [3.8, 4) is 0 Å². The molecule has 1 aliphatic carbocycles. The van der Waals surface area contributed by atoms with Crippen LogP contribution >= 0.6 is 11.8 Å². The molecule has 0 aromatic heterocycles. The number of carbonyl (C=O) groups is 2. The van der Waals surface area contributed by atoms with Crippen LogP contribution in [0, 0.1) is 10.8 Å². The van der Waals surface area contributed by atoms with Gasteiger partial charge < -0.3 is 35.8 Å². The molecule has 190 valence electrons. The third-order valence-corrected chi connectivity index (χ3v) is 10.5. The zero-order valence-corrected chi connectivity index (χ0v) is 21.1. The fraction of sp³-hybridized carbons (Fsp3) is 0.913. The van der Waals surface area contributed by atoms with Gasteiger partial charge >= 0.3 is 12.0 Å². The highest BCUT2D eigenvalue weighted by molar-refractivity contribution is 8.00. The summed E-state index contributed by atoms with van der Waals surface area (Å²) in [5, 5.41) is 49.8. The summed E-state index contributed by atoms with van der Waals surface area (Å²) in [5.74, 6) is 0.514. The molecule has 3 rings (SSSR count). The Hall–Kier alpha value is -1.07. The van der Waals surface area contributed by atoms with E-state index in [1.165, 1.54) is 20.8 Å². The van der Waals surface area contributed by atoms with Crippen LogP contribution in [0.25, 0.3) is 0 Å². The van der Waals surface area contributed by atoms with Crippen LogP contribution in [0.4, 0.5) is 4.79 Å². The van der Waals surface area contributed by atoms with Crippen molar-refractivity contribution >= 4 is 23.8 Å². The van der Waals surface area contributed by atoms with Crippen LogP contribution in [-0.4, -0.2) is 85.5 Å². The molecule has 6 N–H and O–H groups in total. The van der Waals surface area contributed by atoms with Crippen LogP contribution in [-0.2, 0) is 9.53 Å². The smallest absolute Gasteiger partial charge is 0.315 e. The quantitative estimate of drug-likeness (QED) is 0.168. The van der Waals surface area contributed by atoms with Crippen LogP contribution in [0.3, 0.4) is 0 Å².